The molecule has 0 aromatic carbocycles. The first kappa shape index (κ1) is 30.4. The van der Waals surface area contributed by atoms with Gasteiger partial charge in [0.1, 0.15) is 0 Å². The van der Waals surface area contributed by atoms with Crippen LogP contribution in [0.4, 0.5) is 0 Å². The Hall–Kier alpha value is 1.72. The quantitative estimate of drug-likeness (QED) is 0.518. The summed E-state index contributed by atoms with van der Waals surface area (Å²) in [6, 6.07) is 0. The Labute approximate surface area is 184 Å². The maximum absolute atomic E-state index is 4.76. The second-order valence-electron chi connectivity index (χ2n) is 9.18. The van der Waals surface area contributed by atoms with Crippen molar-refractivity contribution in [1.29, 1.82) is 0 Å². The number of nitrogens with zero attached hydrogens (tertiary/aromatic N) is 2. The molecule has 136 valence electrons. The molecule has 0 aliphatic carbocycles. The van der Waals surface area contributed by atoms with E-state index in [0.717, 1.165) is 17.3 Å². The molecule has 2 aliphatic rings. The molecule has 24 heavy (non-hydrogen) atoms. The van der Waals surface area contributed by atoms with E-state index < -0.39 is 0 Å². The molecule has 0 aromatic rings. The molecule has 0 unspecified atom stereocenters. The summed E-state index contributed by atoms with van der Waals surface area (Å²) in [7, 11) is 4.76. The summed E-state index contributed by atoms with van der Waals surface area (Å²) in [4.78, 5) is 0. The molecule has 0 spiro atoms. The normalized spacial score (nSPS) is 25.3. The molecule has 0 atom stereocenters. The third-order valence-electron chi connectivity index (χ3n) is 4.36. The van der Waals surface area contributed by atoms with Crippen LogP contribution in [0.25, 0.3) is 10.6 Å². The Morgan fingerprint density at radius 3 is 0.833 bits per heavy atom. The van der Waals surface area contributed by atoms with Crippen molar-refractivity contribution in [3.63, 3.8) is 0 Å². The largest absolute Gasteiger partial charge is 1.00 e. The average molecular weight is 424 g/mol. The Morgan fingerprint density at radius 1 is 0.583 bits per heavy atom. The molecular weight excluding hydrogens is 387 g/mol. The number of halogens is 2. The van der Waals surface area contributed by atoms with Gasteiger partial charge >= 0.3 is 45.9 Å². The van der Waals surface area contributed by atoms with Gasteiger partial charge in [0.25, 0.3) is 0 Å². The predicted molar refractivity (Wildman–Crippen MR) is 96.6 cm³/mol. The van der Waals surface area contributed by atoms with Crippen LogP contribution < -0.4 is 31.3 Å². The van der Waals surface area contributed by atoms with Crippen LogP contribution in [0.3, 0.4) is 0 Å². The topological polar surface area (TPSA) is 28.2 Å². The van der Waals surface area contributed by atoms with E-state index >= 15 is 0 Å². The molecule has 2 fully saturated rings. The predicted octanol–water partition coefficient (Wildman–Crippen LogP) is 0.897. The second kappa shape index (κ2) is 12.2. The smallest absolute Gasteiger partial charge is 1.00 e. The van der Waals surface area contributed by atoms with E-state index in [0.29, 0.717) is 0 Å². The second-order valence-corrected chi connectivity index (χ2v) is 9.18. The molecule has 0 radical (unpaired) electrons. The van der Waals surface area contributed by atoms with Crippen LogP contribution >= 0.6 is 9.69 Å². The first-order valence-corrected chi connectivity index (χ1v) is 12.5. The van der Waals surface area contributed by atoms with E-state index in [1.165, 1.54) is 38.5 Å². The number of hydrogen-bond donors (Lipinski definition) is 0. The van der Waals surface area contributed by atoms with Gasteiger partial charge in [-0.15, -0.1) is 22.2 Å². The van der Waals surface area contributed by atoms with Crippen LogP contribution in [0.15, 0.2) is 0 Å². The molecule has 2 rings (SSSR count). The summed E-state index contributed by atoms with van der Waals surface area (Å²) in [6.07, 6.45) is 7.72. The Kier molecular flexibility index (Phi) is 15.5. The zero-order valence-electron chi connectivity index (χ0n) is 17.6. The van der Waals surface area contributed by atoms with E-state index in [9.17, 15) is 0 Å². The maximum atomic E-state index is 4.76. The monoisotopic (exact) mass is 421 g/mol. The van der Waals surface area contributed by atoms with Gasteiger partial charge in [-0.3, -0.25) is 0 Å². The van der Waals surface area contributed by atoms with Crippen molar-refractivity contribution in [2.24, 2.45) is 0 Å². The summed E-state index contributed by atoms with van der Waals surface area (Å²) in [5, 5.41) is 9.49. The van der Waals surface area contributed by atoms with Gasteiger partial charge in [-0.1, -0.05) is 93.9 Å². The van der Waals surface area contributed by atoms with E-state index in [2.05, 4.69) is 55.4 Å². The average Bonchev–Trinajstić information content (AvgIpc) is 2.25. The fourth-order valence-electron chi connectivity index (χ4n) is 3.77. The summed E-state index contributed by atoms with van der Waals surface area (Å²) in [5.41, 5.74) is 0.951. The van der Waals surface area contributed by atoms with Crippen LogP contribution in [0.2, 0.25) is 0 Å². The zero-order valence-corrected chi connectivity index (χ0v) is 22.1. The summed E-state index contributed by atoms with van der Waals surface area (Å²) in [5.74, 6) is 0. The molecular formula is C18H36Cl2LiN2Zn-. The van der Waals surface area contributed by atoms with Gasteiger partial charge in [0.05, 0.1) is 0 Å². The van der Waals surface area contributed by atoms with E-state index in [4.69, 9.17) is 20.3 Å². The van der Waals surface area contributed by atoms with Crippen molar-refractivity contribution in [2.75, 3.05) is 0 Å². The van der Waals surface area contributed by atoms with E-state index in [1.807, 2.05) is 0 Å². The first-order valence-electron chi connectivity index (χ1n) is 8.58. The maximum Gasteiger partial charge on any atom is 1.00 e. The molecule has 2 nitrogen and oxygen atoms in total. The molecule has 0 N–H and O–H groups in total. The van der Waals surface area contributed by atoms with Crippen molar-refractivity contribution in [3.8, 4) is 0 Å². The third kappa shape index (κ3) is 13.9. The van der Waals surface area contributed by atoms with Crippen LogP contribution in [0, 0.1) is 0 Å². The summed E-state index contributed by atoms with van der Waals surface area (Å²) < 4.78 is 0. The van der Waals surface area contributed by atoms with E-state index in [1.54, 1.807) is 0 Å². The van der Waals surface area contributed by atoms with Gasteiger partial charge in [-0.05, 0) is 0 Å². The molecule has 6 heteroatoms. The number of rotatable bonds is 0. The molecule has 2 aliphatic heterocycles. The Morgan fingerprint density at radius 2 is 0.750 bits per heavy atom. The molecule has 2 saturated heterocycles. The minimum absolute atomic E-state index is 0. The van der Waals surface area contributed by atoms with Crippen LogP contribution in [0.5, 0.6) is 0 Å². The van der Waals surface area contributed by atoms with Crippen LogP contribution in [0.1, 0.15) is 93.9 Å². The number of hydrogen-bond acceptors (Lipinski definition) is 0. The molecule has 0 aromatic heterocycles. The molecule has 0 saturated carbocycles. The van der Waals surface area contributed by atoms with Crippen LogP contribution in [-0.4, -0.2) is 22.2 Å². The van der Waals surface area contributed by atoms with Crippen molar-refractivity contribution in [1.82, 2.24) is 0 Å². The van der Waals surface area contributed by atoms with Crippen molar-refractivity contribution < 1.29 is 48.6 Å². The van der Waals surface area contributed by atoms with E-state index in [-0.39, 0.29) is 53.4 Å². The summed E-state index contributed by atoms with van der Waals surface area (Å²) >= 11 is 0.847. The fraction of sp³-hybridized carbons (Fsp3) is 1.00. The van der Waals surface area contributed by atoms with Gasteiger partial charge in [0, 0.05) is 0 Å². The Balaban J connectivity index is -0.000000310. The van der Waals surface area contributed by atoms with Gasteiger partial charge in [0.15, 0.2) is 0 Å². The summed E-state index contributed by atoms with van der Waals surface area (Å²) in [6.45, 7) is 17.8. The van der Waals surface area contributed by atoms with Crippen molar-refractivity contribution >= 4 is 9.69 Å². The zero-order chi connectivity index (χ0) is 17.7. The number of piperidine rings is 2. The first-order chi connectivity index (χ1) is 9.83. The standard InChI is InChI=1S/2C9H18N.2ClH.Li.Zn/c2*1-8(2)6-5-7-9(3,4)10-8;;;;/h2*5-7H2,1-4H3;2*1H;;/q2*-1;;;+1;+2/p-2. The minimum atomic E-state index is 0. The van der Waals surface area contributed by atoms with Crippen LogP contribution in [-0.2, 0) is 17.3 Å². The van der Waals surface area contributed by atoms with Gasteiger partial charge < -0.3 is 23.0 Å². The Bertz CT molecular complexity index is 275. The molecule has 2 heterocycles. The van der Waals surface area contributed by atoms with Gasteiger partial charge in [-0.25, -0.2) is 0 Å². The minimum Gasteiger partial charge on any atom is 1.00 e. The third-order valence-corrected chi connectivity index (χ3v) is 4.36. The molecule has 0 amide bonds. The van der Waals surface area contributed by atoms with Gasteiger partial charge in [0.2, 0.25) is 0 Å². The fourth-order valence-corrected chi connectivity index (χ4v) is 3.77. The van der Waals surface area contributed by atoms with Gasteiger partial charge in [-0.2, -0.15) is 0 Å². The van der Waals surface area contributed by atoms with Crippen molar-refractivity contribution in [3.05, 3.63) is 10.6 Å². The van der Waals surface area contributed by atoms with Crippen molar-refractivity contribution in [2.45, 2.75) is 116 Å². The SMILES string of the molecule is CC1(C)CCCC(C)(C)[N-]1.CC1(C)CCCC(C)(C)[N-]1.[Cl-].[Cl][Zn+].[Li+]. The molecule has 0 bridgehead atoms.